The van der Waals surface area contributed by atoms with Gasteiger partial charge in [0.2, 0.25) is 5.91 Å². The average Bonchev–Trinajstić information content (AvgIpc) is 2.48. The van der Waals surface area contributed by atoms with Gasteiger partial charge in [-0.3, -0.25) is 9.59 Å². The van der Waals surface area contributed by atoms with E-state index in [2.05, 4.69) is 0 Å². The van der Waals surface area contributed by atoms with Crippen molar-refractivity contribution in [3.63, 3.8) is 0 Å². The summed E-state index contributed by atoms with van der Waals surface area (Å²) in [4.78, 5) is 36.4. The van der Waals surface area contributed by atoms with Crippen LogP contribution < -0.4 is 0 Å². The first kappa shape index (κ1) is 19.7. The summed E-state index contributed by atoms with van der Waals surface area (Å²) in [5, 5.41) is 9.13. The van der Waals surface area contributed by atoms with Crippen LogP contribution in [0.2, 0.25) is 0 Å². The molecule has 0 unspecified atom stereocenters. The number of rotatable bonds is 7. The van der Waals surface area contributed by atoms with Crippen molar-refractivity contribution < 1.29 is 24.2 Å². The summed E-state index contributed by atoms with van der Waals surface area (Å²) in [7, 11) is 1.62. The van der Waals surface area contributed by atoms with Gasteiger partial charge in [0.25, 0.3) is 0 Å². The van der Waals surface area contributed by atoms with Gasteiger partial charge in [-0.15, -0.1) is 0 Å². The molecule has 6 heteroatoms. The Hall–Kier alpha value is -2.37. The summed E-state index contributed by atoms with van der Waals surface area (Å²) in [5.74, 6) is -1.49. The lowest BCUT2D eigenvalue weighted by Crippen LogP contribution is -2.31. The third kappa shape index (κ3) is 6.81. The van der Waals surface area contributed by atoms with Crippen LogP contribution in [0.5, 0.6) is 0 Å². The first-order valence-corrected chi connectivity index (χ1v) is 7.87. The second-order valence-corrected chi connectivity index (χ2v) is 6.61. The second-order valence-electron chi connectivity index (χ2n) is 6.61. The molecule has 0 aliphatic rings. The quantitative estimate of drug-likeness (QED) is 0.774. The first-order chi connectivity index (χ1) is 11.1. The Morgan fingerprint density at radius 2 is 1.75 bits per heavy atom. The second kappa shape index (κ2) is 8.47. The van der Waals surface area contributed by atoms with Gasteiger partial charge in [-0.05, 0) is 38.8 Å². The number of hydrogen-bond donors (Lipinski definition) is 1. The molecule has 24 heavy (non-hydrogen) atoms. The lowest BCUT2D eigenvalue weighted by atomic mass is 10.0. The molecule has 1 aromatic carbocycles. The molecule has 6 nitrogen and oxygen atoms in total. The molecule has 0 heterocycles. The van der Waals surface area contributed by atoms with Crippen molar-refractivity contribution in [3.05, 3.63) is 35.4 Å². The normalized spacial score (nSPS) is 11.0. The van der Waals surface area contributed by atoms with Gasteiger partial charge in [-0.2, -0.15) is 0 Å². The molecular weight excluding hydrogens is 310 g/mol. The number of carbonyl (C=O) groups is 3. The number of hydrogen-bond acceptors (Lipinski definition) is 4. The van der Waals surface area contributed by atoms with Crippen molar-refractivity contribution in [1.82, 2.24) is 4.90 Å². The van der Waals surface area contributed by atoms with Crippen molar-refractivity contribution in [3.8, 4) is 0 Å². The number of aryl methyl sites for hydroxylation is 1. The number of ether oxygens (including phenoxy) is 1. The zero-order valence-electron chi connectivity index (χ0n) is 14.7. The number of aromatic carboxylic acids is 1. The first-order valence-electron chi connectivity index (χ1n) is 7.87. The molecule has 1 amide bonds. The topological polar surface area (TPSA) is 83.9 Å². The van der Waals surface area contributed by atoms with E-state index in [-0.39, 0.29) is 36.8 Å². The molecule has 0 saturated carbocycles. The molecule has 0 saturated heterocycles. The predicted molar refractivity (Wildman–Crippen MR) is 89.8 cm³/mol. The third-order valence-corrected chi connectivity index (χ3v) is 3.35. The summed E-state index contributed by atoms with van der Waals surface area (Å²) in [6.07, 6.45) is 0.665. The van der Waals surface area contributed by atoms with Gasteiger partial charge < -0.3 is 14.7 Å². The van der Waals surface area contributed by atoms with E-state index >= 15 is 0 Å². The number of carboxylic acids is 1. The van der Waals surface area contributed by atoms with Gasteiger partial charge in [-0.25, -0.2) is 4.79 Å². The van der Waals surface area contributed by atoms with Crippen LogP contribution in [-0.4, -0.2) is 47.0 Å². The van der Waals surface area contributed by atoms with Gasteiger partial charge in [0.1, 0.15) is 5.60 Å². The van der Waals surface area contributed by atoms with Crippen LogP contribution in [0.4, 0.5) is 0 Å². The van der Waals surface area contributed by atoms with Crippen LogP contribution in [-0.2, 0) is 20.7 Å². The molecule has 0 atom stereocenters. The van der Waals surface area contributed by atoms with E-state index in [4.69, 9.17) is 9.84 Å². The minimum atomic E-state index is -1.00. The SMILES string of the molecule is CN(CCC(=O)OC(C)(C)C)C(=O)CCc1ccccc1C(=O)O. The minimum absolute atomic E-state index is 0.130. The molecular formula is C18H25NO5. The molecule has 0 aliphatic heterocycles. The van der Waals surface area contributed by atoms with Crippen molar-refractivity contribution in [2.45, 2.75) is 45.6 Å². The van der Waals surface area contributed by atoms with Crippen LogP contribution >= 0.6 is 0 Å². The van der Waals surface area contributed by atoms with Crippen LogP contribution in [0.15, 0.2) is 24.3 Å². The zero-order valence-corrected chi connectivity index (χ0v) is 14.7. The van der Waals surface area contributed by atoms with Gasteiger partial charge in [-0.1, -0.05) is 18.2 Å². The number of amides is 1. The fourth-order valence-electron chi connectivity index (χ4n) is 2.16. The highest BCUT2D eigenvalue weighted by molar-refractivity contribution is 5.89. The average molecular weight is 335 g/mol. The van der Waals surface area contributed by atoms with Crippen molar-refractivity contribution >= 4 is 17.8 Å². The molecule has 1 rings (SSSR count). The Morgan fingerprint density at radius 1 is 1.12 bits per heavy atom. The van der Waals surface area contributed by atoms with Crippen LogP contribution in [0.3, 0.4) is 0 Å². The van der Waals surface area contributed by atoms with Crippen LogP contribution in [0.25, 0.3) is 0 Å². The summed E-state index contributed by atoms with van der Waals surface area (Å²) in [5.41, 5.74) is 0.292. The number of esters is 1. The zero-order chi connectivity index (χ0) is 18.3. The van der Waals surface area contributed by atoms with Crippen molar-refractivity contribution in [2.75, 3.05) is 13.6 Å². The van der Waals surface area contributed by atoms with Gasteiger partial charge in [0, 0.05) is 20.0 Å². The summed E-state index contributed by atoms with van der Waals surface area (Å²) in [6.45, 7) is 5.65. The summed E-state index contributed by atoms with van der Waals surface area (Å²) < 4.78 is 5.20. The molecule has 132 valence electrons. The Morgan fingerprint density at radius 3 is 2.33 bits per heavy atom. The van der Waals surface area contributed by atoms with Crippen molar-refractivity contribution in [1.29, 1.82) is 0 Å². The van der Waals surface area contributed by atoms with E-state index in [0.717, 1.165) is 0 Å². The number of benzene rings is 1. The molecule has 1 aromatic rings. The molecule has 0 aromatic heterocycles. The largest absolute Gasteiger partial charge is 0.478 e. The van der Waals surface area contributed by atoms with Crippen molar-refractivity contribution in [2.24, 2.45) is 0 Å². The van der Waals surface area contributed by atoms with E-state index in [1.165, 1.54) is 11.0 Å². The van der Waals surface area contributed by atoms with Gasteiger partial charge in [0.05, 0.1) is 12.0 Å². The van der Waals surface area contributed by atoms with E-state index < -0.39 is 11.6 Å². The highest BCUT2D eigenvalue weighted by Gasteiger charge is 2.18. The van der Waals surface area contributed by atoms with Crippen LogP contribution in [0, 0.1) is 0 Å². The highest BCUT2D eigenvalue weighted by atomic mass is 16.6. The maximum Gasteiger partial charge on any atom is 0.335 e. The highest BCUT2D eigenvalue weighted by Crippen LogP contribution is 2.12. The van der Waals surface area contributed by atoms with E-state index in [9.17, 15) is 14.4 Å². The summed E-state index contributed by atoms with van der Waals surface area (Å²) in [6, 6.07) is 6.63. The Kier molecular flexibility index (Phi) is 6.95. The summed E-state index contributed by atoms with van der Waals surface area (Å²) >= 11 is 0. The number of carbonyl (C=O) groups excluding carboxylic acids is 2. The number of nitrogens with zero attached hydrogens (tertiary/aromatic N) is 1. The Bertz CT molecular complexity index is 604. The lowest BCUT2D eigenvalue weighted by molar-refractivity contribution is -0.155. The van der Waals surface area contributed by atoms with E-state index in [0.29, 0.717) is 12.0 Å². The number of carboxylic acid groups (broad SMARTS) is 1. The lowest BCUT2D eigenvalue weighted by Gasteiger charge is -2.21. The molecule has 0 fully saturated rings. The molecule has 0 bridgehead atoms. The molecule has 0 radical (unpaired) electrons. The maximum atomic E-state index is 12.1. The Labute approximate surface area is 142 Å². The molecule has 1 N–H and O–H groups in total. The maximum absolute atomic E-state index is 12.1. The fourth-order valence-corrected chi connectivity index (χ4v) is 2.16. The predicted octanol–water partition coefficient (Wildman–Crippen LogP) is 2.51. The van der Waals surface area contributed by atoms with Gasteiger partial charge in [0.15, 0.2) is 0 Å². The van der Waals surface area contributed by atoms with E-state index in [1.54, 1.807) is 46.0 Å². The third-order valence-electron chi connectivity index (χ3n) is 3.35. The molecule has 0 aliphatic carbocycles. The monoisotopic (exact) mass is 335 g/mol. The van der Waals surface area contributed by atoms with E-state index in [1.807, 2.05) is 0 Å². The fraction of sp³-hybridized carbons (Fsp3) is 0.500. The smallest absolute Gasteiger partial charge is 0.335 e. The molecule has 0 spiro atoms. The Balaban J connectivity index is 2.48. The van der Waals surface area contributed by atoms with Gasteiger partial charge >= 0.3 is 11.9 Å². The minimum Gasteiger partial charge on any atom is -0.478 e. The standard InChI is InChI=1S/C18H25NO5/c1-18(2,3)24-16(21)11-12-19(4)15(20)10-9-13-7-5-6-8-14(13)17(22)23/h5-8H,9-12H2,1-4H3,(H,22,23). The van der Waals surface area contributed by atoms with Crippen LogP contribution in [0.1, 0.15) is 49.5 Å².